The van der Waals surface area contributed by atoms with E-state index in [0.29, 0.717) is 6.04 Å². The van der Waals surface area contributed by atoms with Crippen molar-refractivity contribution in [1.29, 1.82) is 0 Å². The Kier molecular flexibility index (Phi) is 4.79. The molecule has 2 rings (SSSR count). The predicted molar refractivity (Wildman–Crippen MR) is 77.7 cm³/mol. The lowest BCUT2D eigenvalue weighted by Gasteiger charge is -2.18. The van der Waals surface area contributed by atoms with Crippen molar-refractivity contribution in [1.82, 2.24) is 10.2 Å². The minimum absolute atomic E-state index is 0.607. The van der Waals surface area contributed by atoms with Gasteiger partial charge in [0.15, 0.2) is 0 Å². The van der Waals surface area contributed by atoms with E-state index in [2.05, 4.69) is 55.3 Å². The van der Waals surface area contributed by atoms with Crippen molar-refractivity contribution in [2.75, 3.05) is 19.6 Å². The number of benzene rings is 1. The number of aryl methyl sites for hydroxylation is 1. The van der Waals surface area contributed by atoms with Crippen molar-refractivity contribution in [2.45, 2.75) is 39.8 Å². The van der Waals surface area contributed by atoms with Gasteiger partial charge in [0.25, 0.3) is 0 Å². The molecule has 100 valence electrons. The zero-order valence-electron chi connectivity index (χ0n) is 11.9. The first kappa shape index (κ1) is 13.6. The molecule has 0 aromatic heterocycles. The first-order valence-electron chi connectivity index (χ1n) is 7.15. The van der Waals surface area contributed by atoms with Gasteiger partial charge in [-0.3, -0.25) is 4.90 Å². The van der Waals surface area contributed by atoms with E-state index in [-0.39, 0.29) is 0 Å². The molecule has 0 spiro atoms. The minimum atomic E-state index is 0.607. The van der Waals surface area contributed by atoms with Gasteiger partial charge in [0.2, 0.25) is 0 Å². The van der Waals surface area contributed by atoms with Crippen LogP contribution in [0.25, 0.3) is 0 Å². The van der Waals surface area contributed by atoms with E-state index in [1.165, 1.54) is 37.2 Å². The molecular weight excluding hydrogens is 220 g/mol. The molecule has 18 heavy (non-hydrogen) atoms. The smallest absolute Gasteiger partial charge is 0.0236 e. The lowest BCUT2D eigenvalue weighted by Crippen LogP contribution is -2.30. The molecule has 2 nitrogen and oxygen atoms in total. The minimum Gasteiger partial charge on any atom is -0.314 e. The Bertz CT molecular complexity index is 373. The Balaban J connectivity index is 1.81. The summed E-state index contributed by atoms with van der Waals surface area (Å²) in [5.41, 5.74) is 2.90. The van der Waals surface area contributed by atoms with Crippen LogP contribution < -0.4 is 5.32 Å². The summed E-state index contributed by atoms with van der Waals surface area (Å²) in [6.45, 7) is 11.4. The summed E-state index contributed by atoms with van der Waals surface area (Å²) in [7, 11) is 0. The molecule has 0 amide bonds. The molecule has 1 aliphatic rings. The fourth-order valence-corrected chi connectivity index (χ4v) is 2.65. The summed E-state index contributed by atoms with van der Waals surface area (Å²) in [6, 6.07) is 9.35. The third-order valence-electron chi connectivity index (χ3n) is 3.84. The van der Waals surface area contributed by atoms with Gasteiger partial charge in [-0.25, -0.2) is 0 Å². The number of nitrogens with one attached hydrogen (secondary N) is 1. The van der Waals surface area contributed by atoms with Crippen LogP contribution in [0.4, 0.5) is 0 Å². The molecule has 1 aromatic rings. The lowest BCUT2D eigenvalue weighted by atomic mass is 10.1. The molecule has 0 saturated carbocycles. The van der Waals surface area contributed by atoms with Crippen molar-refractivity contribution in [3.05, 3.63) is 35.4 Å². The molecule has 0 aliphatic carbocycles. The van der Waals surface area contributed by atoms with Crippen LogP contribution in [0.5, 0.6) is 0 Å². The Labute approximate surface area is 111 Å². The van der Waals surface area contributed by atoms with Crippen molar-refractivity contribution in [2.24, 2.45) is 5.92 Å². The highest BCUT2D eigenvalue weighted by atomic mass is 15.1. The number of nitrogens with zero attached hydrogens (tertiary/aromatic N) is 1. The second-order valence-corrected chi connectivity index (χ2v) is 5.88. The number of hydrogen-bond donors (Lipinski definition) is 1. The van der Waals surface area contributed by atoms with E-state index in [1.807, 2.05) is 0 Å². The van der Waals surface area contributed by atoms with Gasteiger partial charge in [0.1, 0.15) is 0 Å². The van der Waals surface area contributed by atoms with Gasteiger partial charge < -0.3 is 5.32 Å². The van der Waals surface area contributed by atoms with Gasteiger partial charge in [0, 0.05) is 19.1 Å². The monoisotopic (exact) mass is 246 g/mol. The van der Waals surface area contributed by atoms with Gasteiger partial charge >= 0.3 is 0 Å². The lowest BCUT2D eigenvalue weighted by molar-refractivity contribution is 0.312. The Morgan fingerprint density at radius 2 is 2.11 bits per heavy atom. The highest BCUT2D eigenvalue weighted by Crippen LogP contribution is 2.19. The Morgan fingerprint density at radius 1 is 1.33 bits per heavy atom. The van der Waals surface area contributed by atoms with E-state index in [4.69, 9.17) is 0 Å². The fourth-order valence-electron chi connectivity index (χ4n) is 2.65. The van der Waals surface area contributed by atoms with Crippen molar-refractivity contribution in [3.8, 4) is 0 Å². The molecule has 2 heteroatoms. The maximum Gasteiger partial charge on any atom is 0.0236 e. The number of rotatable bonds is 5. The zero-order valence-corrected chi connectivity index (χ0v) is 11.9. The molecule has 1 unspecified atom stereocenters. The third kappa shape index (κ3) is 3.82. The zero-order chi connectivity index (χ0) is 13.0. The number of likely N-dealkylation sites (tertiary alicyclic amines) is 1. The van der Waals surface area contributed by atoms with Gasteiger partial charge in [-0.15, -0.1) is 0 Å². The van der Waals surface area contributed by atoms with Gasteiger partial charge in [-0.05, 0) is 43.5 Å². The molecule has 0 bridgehead atoms. The summed E-state index contributed by atoms with van der Waals surface area (Å²) in [5.74, 6) is 0.830. The Morgan fingerprint density at radius 3 is 2.83 bits per heavy atom. The third-order valence-corrected chi connectivity index (χ3v) is 3.84. The SMILES string of the molecule is Cc1ccccc1CN1CCC(CNC(C)C)C1. The summed E-state index contributed by atoms with van der Waals surface area (Å²) in [6.07, 6.45) is 1.34. The van der Waals surface area contributed by atoms with E-state index in [0.717, 1.165) is 12.5 Å². The van der Waals surface area contributed by atoms with Crippen molar-refractivity contribution >= 4 is 0 Å². The molecule has 1 aromatic carbocycles. The molecule has 0 radical (unpaired) electrons. The van der Waals surface area contributed by atoms with Crippen LogP contribution in [0.3, 0.4) is 0 Å². The van der Waals surface area contributed by atoms with Crippen LogP contribution in [-0.4, -0.2) is 30.6 Å². The maximum atomic E-state index is 3.56. The molecule has 1 atom stereocenters. The first-order chi connectivity index (χ1) is 8.65. The molecule has 1 heterocycles. The van der Waals surface area contributed by atoms with Crippen LogP contribution in [-0.2, 0) is 6.54 Å². The molecule has 1 aliphatic heterocycles. The normalized spacial score (nSPS) is 20.8. The van der Waals surface area contributed by atoms with E-state index >= 15 is 0 Å². The summed E-state index contributed by atoms with van der Waals surface area (Å²) >= 11 is 0. The second-order valence-electron chi connectivity index (χ2n) is 5.88. The average Bonchev–Trinajstić information content (AvgIpc) is 2.77. The first-order valence-corrected chi connectivity index (χ1v) is 7.15. The van der Waals surface area contributed by atoms with Gasteiger partial charge in [0.05, 0.1) is 0 Å². The van der Waals surface area contributed by atoms with Crippen molar-refractivity contribution in [3.63, 3.8) is 0 Å². The summed E-state index contributed by atoms with van der Waals surface area (Å²) < 4.78 is 0. The second kappa shape index (κ2) is 6.35. The van der Waals surface area contributed by atoms with Crippen LogP contribution in [0, 0.1) is 12.8 Å². The van der Waals surface area contributed by atoms with Crippen molar-refractivity contribution < 1.29 is 0 Å². The summed E-state index contributed by atoms with van der Waals surface area (Å²) in [4.78, 5) is 2.59. The largest absolute Gasteiger partial charge is 0.314 e. The van der Waals surface area contributed by atoms with Crippen LogP contribution >= 0.6 is 0 Å². The van der Waals surface area contributed by atoms with Crippen LogP contribution in [0.2, 0.25) is 0 Å². The number of hydrogen-bond acceptors (Lipinski definition) is 2. The average molecular weight is 246 g/mol. The highest BCUT2D eigenvalue weighted by molar-refractivity contribution is 5.25. The standard InChI is InChI=1S/C16H26N2/c1-13(2)17-10-15-8-9-18(11-15)12-16-7-5-4-6-14(16)3/h4-7,13,15,17H,8-12H2,1-3H3. The van der Waals surface area contributed by atoms with E-state index in [1.54, 1.807) is 0 Å². The van der Waals surface area contributed by atoms with Crippen LogP contribution in [0.1, 0.15) is 31.4 Å². The fraction of sp³-hybridized carbons (Fsp3) is 0.625. The molecule has 1 fully saturated rings. The van der Waals surface area contributed by atoms with Gasteiger partial charge in [-0.1, -0.05) is 38.1 Å². The quantitative estimate of drug-likeness (QED) is 0.859. The predicted octanol–water partition coefficient (Wildman–Crippen LogP) is 2.81. The van der Waals surface area contributed by atoms with Gasteiger partial charge in [-0.2, -0.15) is 0 Å². The molecule has 1 N–H and O–H groups in total. The maximum absolute atomic E-state index is 3.56. The topological polar surface area (TPSA) is 15.3 Å². The Hall–Kier alpha value is -0.860. The summed E-state index contributed by atoms with van der Waals surface area (Å²) in [5, 5.41) is 3.56. The van der Waals surface area contributed by atoms with E-state index < -0.39 is 0 Å². The highest BCUT2D eigenvalue weighted by Gasteiger charge is 2.22. The molecular formula is C16H26N2. The van der Waals surface area contributed by atoms with Crippen LogP contribution in [0.15, 0.2) is 24.3 Å². The van der Waals surface area contributed by atoms with E-state index in [9.17, 15) is 0 Å². The molecule has 1 saturated heterocycles.